The van der Waals surface area contributed by atoms with Gasteiger partial charge in [-0.1, -0.05) is 13.5 Å². The zero-order chi connectivity index (χ0) is 12.2. The maximum atomic E-state index is 11.3. The van der Waals surface area contributed by atoms with Crippen LogP contribution in [0.15, 0.2) is 12.7 Å². The van der Waals surface area contributed by atoms with E-state index in [0.717, 1.165) is 6.42 Å². The number of esters is 2. The molecular formula is C13H16O4. The molecular weight excluding hydrogens is 220 g/mol. The monoisotopic (exact) mass is 236 g/mol. The fourth-order valence-electron chi connectivity index (χ4n) is 3.92. The Kier molecular flexibility index (Phi) is 2.28. The van der Waals surface area contributed by atoms with Crippen LogP contribution >= 0.6 is 0 Å². The molecule has 1 saturated heterocycles. The van der Waals surface area contributed by atoms with Crippen LogP contribution in [0.4, 0.5) is 0 Å². The molecule has 2 bridgehead atoms. The zero-order valence-corrected chi connectivity index (χ0v) is 9.80. The fraction of sp³-hybridized carbons (Fsp3) is 0.692. The van der Waals surface area contributed by atoms with Gasteiger partial charge in [-0.05, 0) is 12.3 Å². The van der Waals surface area contributed by atoms with Crippen LogP contribution in [0.2, 0.25) is 0 Å². The van der Waals surface area contributed by atoms with Crippen LogP contribution in [-0.4, -0.2) is 24.1 Å². The highest BCUT2D eigenvalue weighted by atomic mass is 16.6. The van der Waals surface area contributed by atoms with Gasteiger partial charge in [0.05, 0.1) is 6.42 Å². The first-order chi connectivity index (χ1) is 8.11. The summed E-state index contributed by atoms with van der Waals surface area (Å²) in [5.41, 5.74) is 0. The van der Waals surface area contributed by atoms with E-state index in [9.17, 15) is 9.59 Å². The Labute approximate surface area is 100.0 Å². The van der Waals surface area contributed by atoms with Crippen molar-refractivity contribution in [1.29, 1.82) is 0 Å². The number of hydrogen-bond acceptors (Lipinski definition) is 4. The molecule has 6 unspecified atom stereocenters. The third-order valence-electron chi connectivity index (χ3n) is 4.64. The van der Waals surface area contributed by atoms with E-state index in [2.05, 4.69) is 13.5 Å². The summed E-state index contributed by atoms with van der Waals surface area (Å²) in [5.74, 6) is 0.713. The molecule has 0 radical (unpaired) electrons. The highest BCUT2D eigenvalue weighted by molar-refractivity contribution is 5.81. The highest BCUT2D eigenvalue weighted by Crippen LogP contribution is 2.57. The first kappa shape index (κ1) is 10.8. The van der Waals surface area contributed by atoms with Crippen LogP contribution in [0.3, 0.4) is 0 Å². The van der Waals surface area contributed by atoms with Crippen LogP contribution in [0, 0.1) is 23.7 Å². The molecule has 92 valence electrons. The number of carbonyl (C=O) groups excluding carboxylic acids is 2. The molecule has 17 heavy (non-hydrogen) atoms. The average Bonchev–Trinajstić information content (AvgIpc) is 2.90. The van der Waals surface area contributed by atoms with Gasteiger partial charge in [0.25, 0.3) is 0 Å². The molecule has 2 aliphatic carbocycles. The van der Waals surface area contributed by atoms with E-state index in [1.54, 1.807) is 0 Å². The van der Waals surface area contributed by atoms with Gasteiger partial charge in [-0.3, -0.25) is 4.79 Å². The van der Waals surface area contributed by atoms with Crippen molar-refractivity contribution in [1.82, 2.24) is 0 Å². The smallest absolute Gasteiger partial charge is 0.330 e. The van der Waals surface area contributed by atoms with E-state index in [0.29, 0.717) is 12.3 Å². The van der Waals surface area contributed by atoms with Gasteiger partial charge in [0.2, 0.25) is 0 Å². The van der Waals surface area contributed by atoms with Crippen LogP contribution in [0.1, 0.15) is 19.8 Å². The first-order valence-electron chi connectivity index (χ1n) is 6.14. The van der Waals surface area contributed by atoms with E-state index in [1.165, 1.54) is 6.08 Å². The van der Waals surface area contributed by atoms with Crippen molar-refractivity contribution in [2.75, 3.05) is 0 Å². The standard InChI is InChI=1S/C13H16O4/c1-3-10(14)16-12-6(2)7-4-8(12)9-5-11(15)17-13(7)9/h3,6-9,12-13H,1,4-5H2,2H3. The van der Waals surface area contributed by atoms with Gasteiger partial charge in [0, 0.05) is 23.8 Å². The van der Waals surface area contributed by atoms with Gasteiger partial charge in [-0.2, -0.15) is 0 Å². The second-order valence-corrected chi connectivity index (χ2v) is 5.35. The normalized spacial score (nSPS) is 46.5. The lowest BCUT2D eigenvalue weighted by Crippen LogP contribution is -2.40. The Bertz CT molecular complexity index is 389. The minimum atomic E-state index is -0.365. The molecule has 0 amide bonds. The summed E-state index contributed by atoms with van der Waals surface area (Å²) in [7, 11) is 0. The quantitative estimate of drug-likeness (QED) is 0.535. The Hall–Kier alpha value is -1.32. The van der Waals surface area contributed by atoms with Gasteiger partial charge in [-0.25, -0.2) is 4.79 Å². The van der Waals surface area contributed by atoms with Gasteiger partial charge in [-0.15, -0.1) is 0 Å². The summed E-state index contributed by atoms with van der Waals surface area (Å²) in [6, 6.07) is 0. The fourth-order valence-corrected chi connectivity index (χ4v) is 3.92. The van der Waals surface area contributed by atoms with Crippen molar-refractivity contribution in [3.63, 3.8) is 0 Å². The molecule has 0 aromatic carbocycles. The molecule has 1 heterocycles. The zero-order valence-electron chi connectivity index (χ0n) is 9.80. The summed E-state index contributed by atoms with van der Waals surface area (Å²) < 4.78 is 10.8. The topological polar surface area (TPSA) is 52.6 Å². The lowest BCUT2D eigenvalue weighted by molar-refractivity contribution is -0.154. The van der Waals surface area contributed by atoms with E-state index >= 15 is 0 Å². The molecule has 3 aliphatic rings. The van der Waals surface area contributed by atoms with Gasteiger partial charge in [0.15, 0.2) is 0 Å². The second-order valence-electron chi connectivity index (χ2n) is 5.35. The molecule has 6 atom stereocenters. The molecule has 3 fully saturated rings. The third-order valence-corrected chi connectivity index (χ3v) is 4.64. The van der Waals surface area contributed by atoms with E-state index < -0.39 is 0 Å². The van der Waals surface area contributed by atoms with Gasteiger partial charge in [0.1, 0.15) is 12.2 Å². The Morgan fingerprint density at radius 1 is 1.47 bits per heavy atom. The Morgan fingerprint density at radius 3 is 2.94 bits per heavy atom. The van der Waals surface area contributed by atoms with Crippen molar-refractivity contribution in [3.8, 4) is 0 Å². The Morgan fingerprint density at radius 2 is 2.24 bits per heavy atom. The molecule has 0 aromatic rings. The maximum Gasteiger partial charge on any atom is 0.330 e. The van der Waals surface area contributed by atoms with E-state index in [4.69, 9.17) is 9.47 Å². The van der Waals surface area contributed by atoms with Crippen molar-refractivity contribution in [3.05, 3.63) is 12.7 Å². The summed E-state index contributed by atoms with van der Waals surface area (Å²) in [5, 5.41) is 0. The van der Waals surface area contributed by atoms with Crippen LogP contribution < -0.4 is 0 Å². The van der Waals surface area contributed by atoms with Crippen molar-refractivity contribution < 1.29 is 19.1 Å². The number of carbonyl (C=O) groups is 2. The molecule has 0 aromatic heterocycles. The van der Waals surface area contributed by atoms with E-state index in [-0.39, 0.29) is 41.9 Å². The van der Waals surface area contributed by atoms with Crippen LogP contribution in [0.5, 0.6) is 0 Å². The summed E-state index contributed by atoms with van der Waals surface area (Å²) >= 11 is 0. The predicted octanol–water partition coefficient (Wildman–Crippen LogP) is 1.30. The molecule has 0 spiro atoms. The van der Waals surface area contributed by atoms with Crippen molar-refractivity contribution >= 4 is 11.9 Å². The minimum absolute atomic E-state index is 0.0683. The second kappa shape index (κ2) is 3.59. The summed E-state index contributed by atoms with van der Waals surface area (Å²) in [4.78, 5) is 22.6. The predicted molar refractivity (Wildman–Crippen MR) is 58.8 cm³/mol. The Balaban J connectivity index is 1.79. The largest absolute Gasteiger partial charge is 0.462 e. The number of fused-ring (bicyclic) bond motifs is 5. The highest BCUT2D eigenvalue weighted by Gasteiger charge is 2.62. The number of rotatable bonds is 2. The number of ether oxygens (including phenoxy) is 2. The summed E-state index contributed by atoms with van der Waals surface area (Å²) in [6.07, 6.45) is 2.70. The molecule has 3 rings (SSSR count). The first-order valence-corrected chi connectivity index (χ1v) is 6.14. The third kappa shape index (κ3) is 1.43. The molecule has 4 nitrogen and oxygen atoms in total. The van der Waals surface area contributed by atoms with Crippen LogP contribution in [0.25, 0.3) is 0 Å². The van der Waals surface area contributed by atoms with Gasteiger partial charge < -0.3 is 9.47 Å². The lowest BCUT2D eigenvalue weighted by Gasteiger charge is -2.33. The molecule has 2 saturated carbocycles. The maximum absolute atomic E-state index is 11.3. The lowest BCUT2D eigenvalue weighted by atomic mass is 9.78. The van der Waals surface area contributed by atoms with E-state index in [1.807, 2.05) is 0 Å². The molecule has 0 N–H and O–H groups in total. The van der Waals surface area contributed by atoms with Crippen molar-refractivity contribution in [2.24, 2.45) is 23.7 Å². The van der Waals surface area contributed by atoms with Crippen molar-refractivity contribution in [2.45, 2.75) is 32.0 Å². The number of hydrogen-bond donors (Lipinski definition) is 0. The molecule has 4 heteroatoms. The minimum Gasteiger partial charge on any atom is -0.462 e. The summed E-state index contributed by atoms with van der Waals surface area (Å²) in [6.45, 7) is 5.49. The van der Waals surface area contributed by atoms with Gasteiger partial charge >= 0.3 is 11.9 Å². The van der Waals surface area contributed by atoms with Crippen LogP contribution in [-0.2, 0) is 19.1 Å². The SMILES string of the molecule is C=CC(=O)OC1C(C)C2CC1C1CC(=O)OC21. The average molecular weight is 236 g/mol. The molecule has 1 aliphatic heterocycles.